The minimum Gasteiger partial charge on any atom is -0.493 e. The lowest BCUT2D eigenvalue weighted by Gasteiger charge is -2.45. The third-order valence-electron chi connectivity index (χ3n) is 8.43. The number of hydrogen-bond donors (Lipinski definition) is 1. The minimum atomic E-state index is -0.681. The molecule has 10 nitrogen and oxygen atoms in total. The number of benzene rings is 1. The average molecular weight is 545 g/mol. The molecule has 0 aliphatic carbocycles. The lowest BCUT2D eigenvalue weighted by molar-refractivity contribution is -0.133. The van der Waals surface area contributed by atoms with Crippen LogP contribution in [0.25, 0.3) is 0 Å². The van der Waals surface area contributed by atoms with E-state index in [0.29, 0.717) is 49.5 Å². The first-order valence-corrected chi connectivity index (χ1v) is 14.3. The summed E-state index contributed by atoms with van der Waals surface area (Å²) >= 11 is 0. The lowest BCUT2D eigenvalue weighted by Crippen LogP contribution is -2.52. The van der Waals surface area contributed by atoms with Gasteiger partial charge in [-0.05, 0) is 75.2 Å². The van der Waals surface area contributed by atoms with Gasteiger partial charge >= 0.3 is 6.03 Å². The second-order valence-corrected chi connectivity index (χ2v) is 10.8. The van der Waals surface area contributed by atoms with Crippen molar-refractivity contribution in [3.05, 3.63) is 23.8 Å². The molecular weight excluding hydrogens is 500 g/mol. The molecule has 0 saturated carbocycles. The molecule has 1 N–H and O–H groups in total. The highest BCUT2D eigenvalue weighted by Crippen LogP contribution is 2.32. The molecule has 216 valence electrons. The quantitative estimate of drug-likeness (QED) is 0.381. The summed E-state index contributed by atoms with van der Waals surface area (Å²) in [6.45, 7) is 4.34. The Morgan fingerprint density at radius 3 is 2.62 bits per heavy atom. The summed E-state index contributed by atoms with van der Waals surface area (Å²) in [5.41, 5.74) is 0.930. The van der Waals surface area contributed by atoms with Crippen LogP contribution >= 0.6 is 0 Å². The second-order valence-electron chi connectivity index (χ2n) is 10.8. The smallest absolute Gasteiger partial charge is 0.324 e. The van der Waals surface area contributed by atoms with E-state index in [2.05, 4.69) is 10.2 Å². The number of nitrogens with zero attached hydrogens (tertiary/aromatic N) is 3. The largest absolute Gasteiger partial charge is 0.493 e. The number of piperidine rings is 2. The van der Waals surface area contributed by atoms with Crippen molar-refractivity contribution in [3.63, 3.8) is 0 Å². The first-order valence-electron chi connectivity index (χ1n) is 14.3. The molecule has 1 aromatic rings. The molecule has 3 atom stereocenters. The Balaban J connectivity index is 1.30. The van der Waals surface area contributed by atoms with Crippen LogP contribution in [0, 0.1) is 5.92 Å². The van der Waals surface area contributed by atoms with Crippen LogP contribution in [0.5, 0.6) is 11.5 Å². The number of imide groups is 1. The van der Waals surface area contributed by atoms with Gasteiger partial charge in [-0.1, -0.05) is 12.5 Å². The van der Waals surface area contributed by atoms with E-state index in [1.54, 1.807) is 21.3 Å². The number of methoxy groups -OCH3 is 3. The van der Waals surface area contributed by atoms with Crippen LogP contribution in [-0.4, -0.2) is 105 Å². The highest BCUT2D eigenvalue weighted by atomic mass is 16.5. The lowest BCUT2D eigenvalue weighted by atomic mass is 9.83. The number of ether oxygens (including phenoxy) is 3. The summed E-state index contributed by atoms with van der Waals surface area (Å²) in [5.74, 6) is 1.44. The fourth-order valence-corrected chi connectivity index (χ4v) is 6.28. The molecule has 0 unspecified atom stereocenters. The van der Waals surface area contributed by atoms with Crippen LogP contribution in [0.1, 0.15) is 50.5 Å². The highest BCUT2D eigenvalue weighted by Gasteiger charge is 2.38. The molecule has 0 radical (unpaired) electrons. The highest BCUT2D eigenvalue weighted by molar-refractivity contribution is 6.04. The maximum atomic E-state index is 13.3. The number of fused-ring (bicyclic) bond motifs is 1. The molecule has 3 heterocycles. The Labute approximate surface area is 231 Å². The van der Waals surface area contributed by atoms with E-state index in [1.165, 1.54) is 43.7 Å². The van der Waals surface area contributed by atoms with Crippen LogP contribution < -0.4 is 14.8 Å². The topological polar surface area (TPSA) is 101 Å². The molecule has 3 fully saturated rings. The zero-order valence-electron chi connectivity index (χ0n) is 23.7. The summed E-state index contributed by atoms with van der Waals surface area (Å²) in [4.78, 5) is 44.7. The number of carbonyl (C=O) groups excluding carboxylic acids is 3. The van der Waals surface area contributed by atoms with Crippen molar-refractivity contribution in [3.8, 4) is 11.5 Å². The van der Waals surface area contributed by atoms with Crippen molar-refractivity contribution < 1.29 is 28.6 Å². The zero-order chi connectivity index (χ0) is 27.8. The third-order valence-corrected chi connectivity index (χ3v) is 8.43. The molecule has 39 heavy (non-hydrogen) atoms. The summed E-state index contributed by atoms with van der Waals surface area (Å²) in [5, 5.41) is 2.78. The molecule has 10 heteroatoms. The van der Waals surface area contributed by atoms with E-state index in [1.807, 2.05) is 23.1 Å². The van der Waals surface area contributed by atoms with Crippen LogP contribution in [0.15, 0.2) is 18.2 Å². The van der Waals surface area contributed by atoms with Gasteiger partial charge in [0.2, 0.25) is 5.91 Å². The molecule has 0 spiro atoms. The van der Waals surface area contributed by atoms with Gasteiger partial charge in [-0.25, -0.2) is 4.79 Å². The second kappa shape index (κ2) is 14.0. The van der Waals surface area contributed by atoms with Crippen molar-refractivity contribution in [2.45, 2.75) is 63.5 Å². The molecule has 3 aliphatic rings. The molecule has 0 bridgehead atoms. The SMILES string of the molecule is COCCN(C[C@@H]1CCCN2CCCC[C@@H]12)C(=O)CC[C@@H]1NC(=O)N(CCc2ccc(OC)c(OC)c2)C1=O. The van der Waals surface area contributed by atoms with Crippen molar-refractivity contribution in [2.75, 3.05) is 60.7 Å². The molecule has 4 rings (SSSR count). The minimum absolute atomic E-state index is 0.0193. The van der Waals surface area contributed by atoms with Crippen molar-refractivity contribution in [1.29, 1.82) is 0 Å². The van der Waals surface area contributed by atoms with Crippen molar-refractivity contribution in [2.24, 2.45) is 5.92 Å². The molecular formula is C29H44N4O6. The van der Waals surface area contributed by atoms with E-state index in [0.717, 1.165) is 18.5 Å². The third kappa shape index (κ3) is 7.22. The molecule has 3 saturated heterocycles. The number of nitrogens with one attached hydrogen (secondary N) is 1. The summed E-state index contributed by atoms with van der Waals surface area (Å²) in [6.07, 6.45) is 7.05. The number of hydrogen-bond acceptors (Lipinski definition) is 7. The Morgan fingerprint density at radius 1 is 1.05 bits per heavy atom. The van der Waals surface area contributed by atoms with E-state index >= 15 is 0 Å². The van der Waals surface area contributed by atoms with E-state index in [-0.39, 0.29) is 24.8 Å². The van der Waals surface area contributed by atoms with Crippen molar-refractivity contribution in [1.82, 2.24) is 20.0 Å². The number of carbonyl (C=O) groups is 3. The Morgan fingerprint density at radius 2 is 1.85 bits per heavy atom. The van der Waals surface area contributed by atoms with Crippen LogP contribution in [0.3, 0.4) is 0 Å². The summed E-state index contributed by atoms with van der Waals surface area (Å²) in [7, 11) is 4.79. The van der Waals surface area contributed by atoms with Crippen molar-refractivity contribution >= 4 is 17.8 Å². The van der Waals surface area contributed by atoms with Crippen LogP contribution in [0.2, 0.25) is 0 Å². The Hall–Kier alpha value is -2.85. The standard InChI is InChI=1S/C29H44N4O6/c1-37-18-17-32(20-22-7-6-15-31-14-5-4-8-24(22)31)27(34)12-10-23-28(35)33(29(36)30-23)16-13-21-9-11-25(38-2)26(19-21)39-3/h9,11,19,22-24H,4-8,10,12-18,20H2,1-3H3,(H,30,36)/t22-,23-,24-/m0/s1. The summed E-state index contributed by atoms with van der Waals surface area (Å²) < 4.78 is 15.9. The van der Waals surface area contributed by atoms with E-state index in [4.69, 9.17) is 14.2 Å². The molecule has 4 amide bonds. The first-order chi connectivity index (χ1) is 18.9. The van der Waals surface area contributed by atoms with Gasteiger partial charge in [0.05, 0.1) is 20.8 Å². The van der Waals surface area contributed by atoms with Gasteiger partial charge < -0.3 is 29.3 Å². The van der Waals surface area contributed by atoms with E-state index in [9.17, 15) is 14.4 Å². The average Bonchev–Trinajstić information content (AvgIpc) is 3.24. The Kier molecular flexibility index (Phi) is 10.4. The predicted octanol–water partition coefficient (Wildman–Crippen LogP) is 2.69. The maximum absolute atomic E-state index is 13.3. The van der Waals surface area contributed by atoms with Crippen LogP contribution in [0.4, 0.5) is 4.79 Å². The van der Waals surface area contributed by atoms with Gasteiger partial charge in [0, 0.05) is 39.2 Å². The predicted molar refractivity (Wildman–Crippen MR) is 147 cm³/mol. The van der Waals surface area contributed by atoms with Gasteiger partial charge in [-0.15, -0.1) is 0 Å². The van der Waals surface area contributed by atoms with Gasteiger partial charge in [0.15, 0.2) is 11.5 Å². The van der Waals surface area contributed by atoms with Gasteiger partial charge in [0.25, 0.3) is 5.91 Å². The number of amides is 4. The molecule has 1 aromatic carbocycles. The normalized spacial score (nSPS) is 23.4. The van der Waals surface area contributed by atoms with Gasteiger partial charge in [0.1, 0.15) is 6.04 Å². The number of urea groups is 1. The van der Waals surface area contributed by atoms with E-state index < -0.39 is 12.1 Å². The molecule has 0 aromatic heterocycles. The maximum Gasteiger partial charge on any atom is 0.324 e. The van der Waals surface area contributed by atoms with Gasteiger partial charge in [-0.3, -0.25) is 14.5 Å². The fraction of sp³-hybridized carbons (Fsp3) is 0.690. The molecule has 3 aliphatic heterocycles. The van der Waals surface area contributed by atoms with Crippen LogP contribution in [-0.2, 0) is 20.7 Å². The first kappa shape index (κ1) is 29.1. The zero-order valence-corrected chi connectivity index (χ0v) is 23.7. The summed E-state index contributed by atoms with van der Waals surface area (Å²) in [6, 6.07) is 5.02. The monoisotopic (exact) mass is 544 g/mol. The number of rotatable bonds is 13. The van der Waals surface area contributed by atoms with Gasteiger partial charge in [-0.2, -0.15) is 0 Å². The fourth-order valence-electron chi connectivity index (χ4n) is 6.28. The Bertz CT molecular complexity index is 1000.